The standard InChI is InChI=1S/C11H18N4O4S/c1-14-7-4-12-10(14)8-13-20(18,19)15-5-2-9(3-6-15)11(16)17/h4,7,9,13H,2-3,5-6,8H2,1H3,(H,16,17). The molecule has 0 unspecified atom stereocenters. The van der Waals surface area contributed by atoms with Gasteiger partial charge in [-0.3, -0.25) is 4.79 Å². The van der Waals surface area contributed by atoms with E-state index in [0.29, 0.717) is 18.7 Å². The number of carboxylic acid groups (broad SMARTS) is 1. The lowest BCUT2D eigenvalue weighted by Gasteiger charge is -2.29. The highest BCUT2D eigenvalue weighted by Gasteiger charge is 2.30. The first kappa shape index (κ1) is 14.9. The highest BCUT2D eigenvalue weighted by atomic mass is 32.2. The molecule has 1 saturated heterocycles. The van der Waals surface area contributed by atoms with Crippen LogP contribution in [-0.2, 0) is 28.6 Å². The first-order chi connectivity index (χ1) is 9.40. The Kier molecular flexibility index (Phi) is 4.41. The third-order valence-corrected chi connectivity index (χ3v) is 5.03. The molecule has 2 heterocycles. The maximum absolute atomic E-state index is 12.1. The molecule has 0 bridgehead atoms. The summed E-state index contributed by atoms with van der Waals surface area (Å²) >= 11 is 0. The van der Waals surface area contributed by atoms with Gasteiger partial charge in [-0.2, -0.15) is 17.4 Å². The molecule has 112 valence electrons. The Morgan fingerprint density at radius 1 is 1.50 bits per heavy atom. The molecule has 20 heavy (non-hydrogen) atoms. The molecule has 1 aromatic rings. The maximum atomic E-state index is 12.1. The average molecular weight is 302 g/mol. The van der Waals surface area contributed by atoms with Gasteiger partial charge in [0.25, 0.3) is 10.2 Å². The van der Waals surface area contributed by atoms with Gasteiger partial charge in [0, 0.05) is 32.5 Å². The van der Waals surface area contributed by atoms with Gasteiger partial charge in [-0.05, 0) is 12.8 Å². The third kappa shape index (κ3) is 3.35. The second-order valence-electron chi connectivity index (χ2n) is 4.79. The minimum atomic E-state index is -3.59. The summed E-state index contributed by atoms with van der Waals surface area (Å²) < 4.78 is 29.7. The zero-order valence-corrected chi connectivity index (χ0v) is 12.0. The van der Waals surface area contributed by atoms with E-state index in [-0.39, 0.29) is 19.6 Å². The molecular weight excluding hydrogens is 284 g/mol. The van der Waals surface area contributed by atoms with Crippen molar-refractivity contribution in [1.29, 1.82) is 0 Å². The van der Waals surface area contributed by atoms with Crippen molar-refractivity contribution in [2.45, 2.75) is 19.4 Å². The number of rotatable bonds is 5. The van der Waals surface area contributed by atoms with Gasteiger partial charge in [0.05, 0.1) is 12.5 Å². The van der Waals surface area contributed by atoms with Gasteiger partial charge in [-0.25, -0.2) is 4.98 Å². The minimum Gasteiger partial charge on any atom is -0.481 e. The number of aryl methyl sites for hydroxylation is 1. The number of piperidine rings is 1. The lowest BCUT2D eigenvalue weighted by molar-refractivity contribution is -0.142. The van der Waals surface area contributed by atoms with Gasteiger partial charge in [0.2, 0.25) is 0 Å². The van der Waals surface area contributed by atoms with E-state index in [1.165, 1.54) is 4.31 Å². The van der Waals surface area contributed by atoms with Crippen molar-refractivity contribution in [3.63, 3.8) is 0 Å². The zero-order chi connectivity index (χ0) is 14.8. The Morgan fingerprint density at radius 2 is 2.15 bits per heavy atom. The van der Waals surface area contributed by atoms with Crippen LogP contribution in [0.1, 0.15) is 18.7 Å². The monoisotopic (exact) mass is 302 g/mol. The molecule has 1 aliphatic heterocycles. The van der Waals surface area contributed by atoms with Gasteiger partial charge in [0.15, 0.2) is 0 Å². The van der Waals surface area contributed by atoms with Crippen molar-refractivity contribution in [3.05, 3.63) is 18.2 Å². The van der Waals surface area contributed by atoms with E-state index < -0.39 is 22.1 Å². The van der Waals surface area contributed by atoms with E-state index in [1.807, 2.05) is 0 Å². The Hall–Kier alpha value is -1.45. The number of hydrogen-bond acceptors (Lipinski definition) is 4. The molecule has 9 heteroatoms. The molecule has 0 spiro atoms. The van der Waals surface area contributed by atoms with Crippen molar-refractivity contribution in [1.82, 2.24) is 18.6 Å². The van der Waals surface area contributed by atoms with E-state index >= 15 is 0 Å². The van der Waals surface area contributed by atoms with Gasteiger partial charge in [-0.15, -0.1) is 0 Å². The predicted molar refractivity (Wildman–Crippen MR) is 70.9 cm³/mol. The van der Waals surface area contributed by atoms with Crippen molar-refractivity contribution in [2.75, 3.05) is 13.1 Å². The Labute approximate surface area is 117 Å². The first-order valence-corrected chi connectivity index (χ1v) is 7.78. The smallest absolute Gasteiger partial charge is 0.306 e. The molecule has 2 rings (SSSR count). The van der Waals surface area contributed by atoms with Gasteiger partial charge < -0.3 is 9.67 Å². The number of nitrogens with zero attached hydrogens (tertiary/aromatic N) is 3. The number of aromatic nitrogens is 2. The largest absolute Gasteiger partial charge is 0.481 e. The minimum absolute atomic E-state index is 0.116. The Morgan fingerprint density at radius 3 is 2.65 bits per heavy atom. The molecule has 0 aliphatic carbocycles. The van der Waals surface area contributed by atoms with Gasteiger partial charge in [0.1, 0.15) is 5.82 Å². The fourth-order valence-electron chi connectivity index (χ4n) is 2.16. The van der Waals surface area contributed by atoms with E-state index in [2.05, 4.69) is 9.71 Å². The van der Waals surface area contributed by atoms with Crippen LogP contribution in [0.5, 0.6) is 0 Å². The molecular formula is C11H18N4O4S. The summed E-state index contributed by atoms with van der Waals surface area (Å²) in [5.41, 5.74) is 0. The third-order valence-electron chi connectivity index (χ3n) is 3.48. The summed E-state index contributed by atoms with van der Waals surface area (Å²) in [5.74, 6) is -0.687. The van der Waals surface area contributed by atoms with Crippen molar-refractivity contribution in [2.24, 2.45) is 13.0 Å². The van der Waals surface area contributed by atoms with E-state index in [1.54, 1.807) is 24.0 Å². The van der Waals surface area contributed by atoms with Crippen LogP contribution < -0.4 is 4.72 Å². The average Bonchev–Trinajstić information content (AvgIpc) is 2.82. The van der Waals surface area contributed by atoms with Gasteiger partial charge >= 0.3 is 5.97 Å². The molecule has 0 amide bonds. The fraction of sp³-hybridized carbons (Fsp3) is 0.636. The molecule has 0 saturated carbocycles. The lowest BCUT2D eigenvalue weighted by atomic mass is 9.99. The molecule has 2 N–H and O–H groups in total. The van der Waals surface area contributed by atoms with Crippen LogP contribution in [0.4, 0.5) is 0 Å². The number of nitrogens with one attached hydrogen (secondary N) is 1. The van der Waals surface area contributed by atoms with Crippen LogP contribution >= 0.6 is 0 Å². The second-order valence-corrected chi connectivity index (χ2v) is 6.55. The summed E-state index contributed by atoms with van der Waals surface area (Å²) in [5, 5.41) is 8.89. The van der Waals surface area contributed by atoms with Crippen LogP contribution in [0.15, 0.2) is 12.4 Å². The summed E-state index contributed by atoms with van der Waals surface area (Å²) in [6.45, 7) is 0.574. The molecule has 1 fully saturated rings. The summed E-state index contributed by atoms with van der Waals surface area (Å²) in [6, 6.07) is 0. The summed E-state index contributed by atoms with van der Waals surface area (Å²) in [4.78, 5) is 14.9. The molecule has 0 atom stereocenters. The summed E-state index contributed by atoms with van der Waals surface area (Å²) in [6.07, 6.45) is 4.03. The van der Waals surface area contributed by atoms with Crippen LogP contribution in [-0.4, -0.2) is 46.4 Å². The normalized spacial score (nSPS) is 18.2. The maximum Gasteiger partial charge on any atom is 0.306 e. The molecule has 1 aromatic heterocycles. The van der Waals surface area contributed by atoms with Crippen molar-refractivity contribution >= 4 is 16.2 Å². The van der Waals surface area contributed by atoms with E-state index in [0.717, 1.165) is 0 Å². The van der Waals surface area contributed by atoms with E-state index in [9.17, 15) is 13.2 Å². The van der Waals surface area contributed by atoms with Gasteiger partial charge in [-0.1, -0.05) is 0 Å². The first-order valence-electron chi connectivity index (χ1n) is 6.34. The van der Waals surface area contributed by atoms with Crippen molar-refractivity contribution in [3.8, 4) is 0 Å². The molecule has 8 nitrogen and oxygen atoms in total. The summed E-state index contributed by atoms with van der Waals surface area (Å²) in [7, 11) is -1.80. The Bertz CT molecular complexity index is 575. The van der Waals surface area contributed by atoms with E-state index in [4.69, 9.17) is 5.11 Å². The topological polar surface area (TPSA) is 105 Å². The number of carboxylic acids is 1. The number of carbonyl (C=O) groups is 1. The van der Waals surface area contributed by atoms with Crippen molar-refractivity contribution < 1.29 is 18.3 Å². The second kappa shape index (κ2) is 5.90. The number of imidazole rings is 1. The zero-order valence-electron chi connectivity index (χ0n) is 11.2. The highest BCUT2D eigenvalue weighted by Crippen LogP contribution is 2.19. The Balaban J connectivity index is 1.91. The number of hydrogen-bond donors (Lipinski definition) is 2. The predicted octanol–water partition coefficient (Wildman–Crippen LogP) is -0.449. The molecule has 1 aliphatic rings. The quantitative estimate of drug-likeness (QED) is 0.766. The van der Waals surface area contributed by atoms with Crippen LogP contribution in [0.3, 0.4) is 0 Å². The molecule has 0 radical (unpaired) electrons. The highest BCUT2D eigenvalue weighted by molar-refractivity contribution is 7.87. The van der Waals surface area contributed by atoms with Crippen LogP contribution in [0.2, 0.25) is 0 Å². The number of aliphatic carboxylic acids is 1. The fourth-order valence-corrected chi connectivity index (χ4v) is 3.34. The molecule has 0 aromatic carbocycles. The lowest BCUT2D eigenvalue weighted by Crippen LogP contribution is -2.45. The van der Waals surface area contributed by atoms with Crippen LogP contribution in [0, 0.1) is 5.92 Å². The SMILES string of the molecule is Cn1ccnc1CNS(=O)(=O)N1CCC(C(=O)O)CC1. The van der Waals surface area contributed by atoms with Crippen LogP contribution in [0.25, 0.3) is 0 Å².